The first kappa shape index (κ1) is 16.8. The van der Waals surface area contributed by atoms with Gasteiger partial charge in [0.05, 0.1) is 19.0 Å². The molecule has 0 radical (unpaired) electrons. The molecule has 0 bridgehead atoms. The number of rotatable bonds is 7. The maximum atomic E-state index is 12.0. The van der Waals surface area contributed by atoms with Gasteiger partial charge in [0.2, 0.25) is 0 Å². The summed E-state index contributed by atoms with van der Waals surface area (Å²) in [5.41, 5.74) is -0.0422. The number of esters is 1. The fourth-order valence-corrected chi connectivity index (χ4v) is 2.34. The minimum Gasteiger partial charge on any atom is -0.468 e. The van der Waals surface area contributed by atoms with Crippen LogP contribution in [0.3, 0.4) is 0 Å². The summed E-state index contributed by atoms with van der Waals surface area (Å²) in [6, 6.07) is 0.162. The average Bonchev–Trinajstić information content (AvgIpc) is 2.44. The lowest BCUT2D eigenvalue weighted by Gasteiger charge is -2.15. The molecule has 0 saturated carbocycles. The Morgan fingerprint density at radius 3 is 2.95 bits per heavy atom. The molecular formula is C12H18ClN3O3S. The highest BCUT2D eigenvalue weighted by Crippen LogP contribution is 2.17. The Bertz CT molecular complexity index is 521. The number of carbonyl (C=O) groups is 1. The Morgan fingerprint density at radius 1 is 1.65 bits per heavy atom. The molecule has 1 heterocycles. The normalized spacial score (nSPS) is 12.0. The summed E-state index contributed by atoms with van der Waals surface area (Å²) in [4.78, 5) is 23.1. The highest BCUT2D eigenvalue weighted by Gasteiger charge is 2.13. The van der Waals surface area contributed by atoms with Crippen LogP contribution in [0.15, 0.2) is 11.0 Å². The molecule has 1 aromatic rings. The Morgan fingerprint density at radius 2 is 2.35 bits per heavy atom. The zero-order valence-electron chi connectivity index (χ0n) is 11.7. The first-order valence-electron chi connectivity index (χ1n) is 6.16. The predicted molar refractivity (Wildman–Crippen MR) is 81.6 cm³/mol. The van der Waals surface area contributed by atoms with Crippen LogP contribution in [0.1, 0.15) is 13.8 Å². The minimum atomic E-state index is -0.552. The summed E-state index contributed by atoms with van der Waals surface area (Å²) >= 11 is 7.80. The van der Waals surface area contributed by atoms with Crippen LogP contribution >= 0.6 is 23.4 Å². The molecular weight excluding hydrogens is 302 g/mol. The Balaban J connectivity index is 2.83. The van der Waals surface area contributed by atoms with Crippen molar-refractivity contribution in [3.8, 4) is 0 Å². The van der Waals surface area contributed by atoms with Gasteiger partial charge in [-0.25, -0.2) is 4.68 Å². The SMILES string of the molecule is CCSCC(C)Nc1cnn(CC(=O)OC)c(=O)c1Cl. The van der Waals surface area contributed by atoms with E-state index in [1.165, 1.54) is 13.3 Å². The van der Waals surface area contributed by atoms with Crippen LogP contribution in [0.2, 0.25) is 5.02 Å². The van der Waals surface area contributed by atoms with E-state index in [-0.39, 0.29) is 17.6 Å². The number of carbonyl (C=O) groups excluding carboxylic acids is 1. The number of halogens is 1. The maximum absolute atomic E-state index is 12.0. The second-order valence-corrected chi connectivity index (χ2v) is 5.81. The van der Waals surface area contributed by atoms with Crippen molar-refractivity contribution >= 4 is 35.0 Å². The molecule has 0 saturated heterocycles. The van der Waals surface area contributed by atoms with E-state index >= 15 is 0 Å². The molecule has 0 aliphatic carbocycles. The number of nitrogens with one attached hydrogen (secondary N) is 1. The molecule has 1 rings (SSSR count). The van der Waals surface area contributed by atoms with E-state index in [0.29, 0.717) is 5.69 Å². The molecule has 1 atom stereocenters. The molecule has 0 aliphatic heterocycles. The number of methoxy groups -OCH3 is 1. The molecule has 8 heteroatoms. The molecule has 0 amide bonds. The van der Waals surface area contributed by atoms with Gasteiger partial charge < -0.3 is 10.1 Å². The van der Waals surface area contributed by atoms with E-state index in [0.717, 1.165) is 16.2 Å². The van der Waals surface area contributed by atoms with Crippen LogP contribution in [0, 0.1) is 0 Å². The van der Waals surface area contributed by atoms with Crippen molar-refractivity contribution in [1.82, 2.24) is 9.78 Å². The molecule has 0 spiro atoms. The monoisotopic (exact) mass is 319 g/mol. The molecule has 6 nitrogen and oxygen atoms in total. The first-order chi connectivity index (χ1) is 9.49. The van der Waals surface area contributed by atoms with Crippen LogP contribution in [-0.4, -0.2) is 40.4 Å². The van der Waals surface area contributed by atoms with Gasteiger partial charge in [-0.3, -0.25) is 9.59 Å². The highest BCUT2D eigenvalue weighted by molar-refractivity contribution is 7.99. The van der Waals surface area contributed by atoms with Crippen LogP contribution < -0.4 is 10.9 Å². The standard InChI is InChI=1S/C12H18ClN3O3S/c1-4-20-7-8(2)15-9-5-14-16(6-10(17)19-3)12(18)11(9)13/h5,8,15H,4,6-7H2,1-3H3. The van der Waals surface area contributed by atoms with Gasteiger partial charge in [0.25, 0.3) is 5.56 Å². The lowest BCUT2D eigenvalue weighted by molar-refractivity contribution is -0.141. The second-order valence-electron chi connectivity index (χ2n) is 4.12. The van der Waals surface area contributed by atoms with E-state index in [1.54, 1.807) is 11.8 Å². The van der Waals surface area contributed by atoms with Gasteiger partial charge in [0.1, 0.15) is 11.6 Å². The van der Waals surface area contributed by atoms with Crippen molar-refractivity contribution in [2.24, 2.45) is 0 Å². The maximum Gasteiger partial charge on any atom is 0.327 e. The third-order valence-electron chi connectivity index (χ3n) is 2.47. The van der Waals surface area contributed by atoms with E-state index < -0.39 is 11.5 Å². The molecule has 0 aromatic carbocycles. The summed E-state index contributed by atoms with van der Waals surface area (Å²) < 4.78 is 5.46. The number of aromatic nitrogens is 2. The molecule has 1 N–H and O–H groups in total. The quantitative estimate of drug-likeness (QED) is 0.770. The van der Waals surface area contributed by atoms with E-state index in [4.69, 9.17) is 11.6 Å². The fraction of sp³-hybridized carbons (Fsp3) is 0.583. The largest absolute Gasteiger partial charge is 0.468 e. The number of anilines is 1. The summed E-state index contributed by atoms with van der Waals surface area (Å²) in [5.74, 6) is 1.38. The van der Waals surface area contributed by atoms with E-state index in [1.807, 2.05) is 6.92 Å². The first-order valence-corrected chi connectivity index (χ1v) is 7.69. The van der Waals surface area contributed by atoms with Gasteiger partial charge in [-0.1, -0.05) is 18.5 Å². The predicted octanol–water partition coefficient (Wildman–Crippen LogP) is 1.62. The van der Waals surface area contributed by atoms with Gasteiger partial charge in [-0.05, 0) is 12.7 Å². The number of ether oxygens (including phenoxy) is 1. The molecule has 20 heavy (non-hydrogen) atoms. The summed E-state index contributed by atoms with van der Waals surface area (Å²) in [6.45, 7) is 3.83. The summed E-state index contributed by atoms with van der Waals surface area (Å²) in [6.07, 6.45) is 1.44. The Kier molecular flexibility index (Phi) is 6.87. The zero-order chi connectivity index (χ0) is 15.1. The third kappa shape index (κ3) is 4.72. The van der Waals surface area contributed by atoms with Gasteiger partial charge in [0, 0.05) is 11.8 Å². The third-order valence-corrected chi connectivity index (χ3v) is 3.97. The number of nitrogens with zero attached hydrogens (tertiary/aromatic N) is 2. The fourth-order valence-electron chi connectivity index (χ4n) is 1.47. The number of hydrogen-bond donors (Lipinski definition) is 1. The molecule has 112 valence electrons. The molecule has 1 aromatic heterocycles. The lowest BCUT2D eigenvalue weighted by atomic mass is 10.3. The zero-order valence-corrected chi connectivity index (χ0v) is 13.3. The van der Waals surface area contributed by atoms with Gasteiger partial charge in [-0.2, -0.15) is 16.9 Å². The van der Waals surface area contributed by atoms with Crippen molar-refractivity contribution in [1.29, 1.82) is 0 Å². The van der Waals surface area contributed by atoms with Crippen molar-refractivity contribution in [2.45, 2.75) is 26.4 Å². The van der Waals surface area contributed by atoms with Crippen LogP contribution in [-0.2, 0) is 16.1 Å². The molecule has 0 fully saturated rings. The van der Waals surface area contributed by atoms with Gasteiger partial charge >= 0.3 is 5.97 Å². The average molecular weight is 320 g/mol. The minimum absolute atomic E-state index is 0.0252. The van der Waals surface area contributed by atoms with Crippen molar-refractivity contribution < 1.29 is 9.53 Å². The van der Waals surface area contributed by atoms with Crippen molar-refractivity contribution in [3.05, 3.63) is 21.6 Å². The summed E-state index contributed by atoms with van der Waals surface area (Å²) in [7, 11) is 1.25. The lowest BCUT2D eigenvalue weighted by Crippen LogP contribution is -2.29. The van der Waals surface area contributed by atoms with E-state index in [9.17, 15) is 9.59 Å². The number of thioether (sulfide) groups is 1. The van der Waals surface area contributed by atoms with Crippen molar-refractivity contribution in [2.75, 3.05) is 23.9 Å². The summed E-state index contributed by atoms with van der Waals surface area (Å²) in [5, 5.41) is 7.07. The van der Waals surface area contributed by atoms with Gasteiger partial charge in [-0.15, -0.1) is 0 Å². The Labute approximate surface area is 126 Å². The number of hydrogen-bond acceptors (Lipinski definition) is 6. The Hall–Kier alpha value is -1.21. The smallest absolute Gasteiger partial charge is 0.327 e. The van der Waals surface area contributed by atoms with Crippen LogP contribution in [0.5, 0.6) is 0 Å². The van der Waals surface area contributed by atoms with Gasteiger partial charge in [0.15, 0.2) is 0 Å². The molecule has 1 unspecified atom stereocenters. The topological polar surface area (TPSA) is 73.2 Å². The van der Waals surface area contributed by atoms with E-state index in [2.05, 4.69) is 22.1 Å². The van der Waals surface area contributed by atoms with Crippen LogP contribution in [0.25, 0.3) is 0 Å². The van der Waals surface area contributed by atoms with Crippen LogP contribution in [0.4, 0.5) is 5.69 Å². The second kappa shape index (κ2) is 8.16. The van der Waals surface area contributed by atoms with Crippen molar-refractivity contribution in [3.63, 3.8) is 0 Å². The highest BCUT2D eigenvalue weighted by atomic mass is 35.5. The molecule has 0 aliphatic rings.